The van der Waals surface area contributed by atoms with Gasteiger partial charge >= 0.3 is 5.97 Å². The summed E-state index contributed by atoms with van der Waals surface area (Å²) in [5.41, 5.74) is 1.26. The Bertz CT molecular complexity index is 334. The van der Waals surface area contributed by atoms with Gasteiger partial charge in [0, 0.05) is 5.02 Å². The molecule has 76 valence electrons. The minimum absolute atomic E-state index is 0.267. The molecule has 0 bridgehead atoms. The molecule has 0 aliphatic carbocycles. The van der Waals surface area contributed by atoms with E-state index in [0.717, 1.165) is 24.8 Å². The van der Waals surface area contributed by atoms with Crippen LogP contribution in [0.2, 0.25) is 5.02 Å². The van der Waals surface area contributed by atoms with Crippen LogP contribution in [0.5, 0.6) is 0 Å². The largest absolute Gasteiger partial charge is 0.478 e. The normalized spacial score (nSPS) is 10.1. The summed E-state index contributed by atoms with van der Waals surface area (Å²) in [5.74, 6) is -0.926. The summed E-state index contributed by atoms with van der Waals surface area (Å²) in [4.78, 5) is 10.7. The Kier molecular flexibility index (Phi) is 3.96. The highest BCUT2D eigenvalue weighted by Gasteiger charge is 2.05. The topological polar surface area (TPSA) is 37.3 Å². The van der Waals surface area contributed by atoms with Crippen molar-refractivity contribution in [2.24, 2.45) is 0 Å². The molecule has 1 rings (SSSR count). The lowest BCUT2D eigenvalue weighted by Crippen LogP contribution is -1.97. The van der Waals surface area contributed by atoms with E-state index >= 15 is 0 Å². The molecule has 3 heteroatoms. The van der Waals surface area contributed by atoms with Gasteiger partial charge in [0.2, 0.25) is 0 Å². The minimum atomic E-state index is -0.926. The first-order valence-electron chi connectivity index (χ1n) is 4.66. The van der Waals surface area contributed by atoms with Crippen LogP contribution in [0.3, 0.4) is 0 Å². The second-order valence-corrected chi connectivity index (χ2v) is 3.69. The molecule has 0 atom stereocenters. The highest BCUT2D eigenvalue weighted by Crippen LogP contribution is 2.16. The third-order valence-corrected chi connectivity index (χ3v) is 2.24. The molecule has 0 saturated carbocycles. The van der Waals surface area contributed by atoms with Crippen LogP contribution in [0.15, 0.2) is 18.2 Å². The van der Waals surface area contributed by atoms with E-state index in [9.17, 15) is 4.79 Å². The average Bonchev–Trinajstić information content (AvgIpc) is 2.14. The minimum Gasteiger partial charge on any atom is -0.478 e. The summed E-state index contributed by atoms with van der Waals surface area (Å²) in [5, 5.41) is 9.30. The Balaban J connectivity index is 2.89. The van der Waals surface area contributed by atoms with Crippen molar-refractivity contribution >= 4 is 17.6 Å². The van der Waals surface area contributed by atoms with E-state index in [4.69, 9.17) is 16.7 Å². The number of rotatable bonds is 4. The van der Waals surface area contributed by atoms with Crippen LogP contribution in [-0.4, -0.2) is 11.1 Å². The van der Waals surface area contributed by atoms with Gasteiger partial charge in [-0.3, -0.25) is 0 Å². The standard InChI is InChI=1S/C11H13ClO2/c1-2-3-4-8-5-9(11(13)14)7-10(12)6-8/h5-7H,2-4H2,1H3,(H,13,14). The first kappa shape index (κ1) is 11.1. The number of carboxylic acids is 1. The zero-order valence-corrected chi connectivity index (χ0v) is 8.84. The Morgan fingerprint density at radius 2 is 2.14 bits per heavy atom. The van der Waals surface area contributed by atoms with E-state index in [-0.39, 0.29) is 5.56 Å². The van der Waals surface area contributed by atoms with Gasteiger partial charge < -0.3 is 5.11 Å². The monoisotopic (exact) mass is 212 g/mol. The molecule has 0 fully saturated rings. The molecule has 0 aromatic heterocycles. The van der Waals surface area contributed by atoms with Crippen molar-refractivity contribution in [2.45, 2.75) is 26.2 Å². The predicted octanol–water partition coefficient (Wildman–Crippen LogP) is 3.38. The summed E-state index contributed by atoms with van der Waals surface area (Å²) in [6.45, 7) is 2.10. The van der Waals surface area contributed by atoms with E-state index in [1.54, 1.807) is 6.07 Å². The van der Waals surface area contributed by atoms with Crippen LogP contribution in [-0.2, 0) is 6.42 Å². The van der Waals surface area contributed by atoms with Gasteiger partial charge in [-0.05, 0) is 36.6 Å². The lowest BCUT2D eigenvalue weighted by Gasteiger charge is -2.02. The number of halogens is 1. The number of hydrogen-bond donors (Lipinski definition) is 1. The van der Waals surface area contributed by atoms with Gasteiger partial charge in [-0.2, -0.15) is 0 Å². The second kappa shape index (κ2) is 5.01. The fourth-order valence-corrected chi connectivity index (χ4v) is 1.56. The van der Waals surface area contributed by atoms with E-state index in [0.29, 0.717) is 5.02 Å². The highest BCUT2D eigenvalue weighted by molar-refractivity contribution is 6.31. The first-order chi connectivity index (χ1) is 6.63. The molecule has 1 N–H and O–H groups in total. The predicted molar refractivity (Wildman–Crippen MR) is 57.0 cm³/mol. The first-order valence-corrected chi connectivity index (χ1v) is 5.04. The number of carbonyl (C=O) groups is 1. The Hall–Kier alpha value is -1.02. The lowest BCUT2D eigenvalue weighted by atomic mass is 10.1. The number of hydrogen-bond acceptors (Lipinski definition) is 1. The molecule has 14 heavy (non-hydrogen) atoms. The quantitative estimate of drug-likeness (QED) is 0.831. The fourth-order valence-electron chi connectivity index (χ4n) is 1.30. The summed E-state index contributed by atoms with van der Waals surface area (Å²) in [6, 6.07) is 4.98. The maximum absolute atomic E-state index is 10.7. The zero-order chi connectivity index (χ0) is 10.6. The molecule has 0 heterocycles. The molecule has 0 unspecified atom stereocenters. The van der Waals surface area contributed by atoms with Crippen LogP contribution in [0.25, 0.3) is 0 Å². The third-order valence-electron chi connectivity index (χ3n) is 2.02. The van der Waals surface area contributed by atoms with Gasteiger partial charge in [-0.15, -0.1) is 0 Å². The third kappa shape index (κ3) is 3.04. The zero-order valence-electron chi connectivity index (χ0n) is 8.09. The number of aryl methyl sites for hydroxylation is 1. The van der Waals surface area contributed by atoms with Crippen molar-refractivity contribution in [3.05, 3.63) is 34.3 Å². The molecule has 0 amide bonds. The van der Waals surface area contributed by atoms with Gasteiger partial charge in [-0.25, -0.2) is 4.79 Å². The van der Waals surface area contributed by atoms with Gasteiger partial charge in [0.25, 0.3) is 0 Å². The van der Waals surface area contributed by atoms with E-state index < -0.39 is 5.97 Å². The van der Waals surface area contributed by atoms with Crippen LogP contribution in [0, 0.1) is 0 Å². The number of unbranched alkanes of at least 4 members (excludes halogenated alkanes) is 1. The van der Waals surface area contributed by atoms with Gasteiger partial charge in [0.05, 0.1) is 5.56 Å². The number of aromatic carboxylic acids is 1. The molecular formula is C11H13ClO2. The lowest BCUT2D eigenvalue weighted by molar-refractivity contribution is 0.0697. The van der Waals surface area contributed by atoms with Crippen molar-refractivity contribution in [3.8, 4) is 0 Å². The van der Waals surface area contributed by atoms with Crippen LogP contribution in [0.4, 0.5) is 0 Å². The van der Waals surface area contributed by atoms with Crippen molar-refractivity contribution in [2.75, 3.05) is 0 Å². The van der Waals surface area contributed by atoms with Gasteiger partial charge in [-0.1, -0.05) is 24.9 Å². The highest BCUT2D eigenvalue weighted by atomic mass is 35.5. The fraction of sp³-hybridized carbons (Fsp3) is 0.364. The molecule has 0 spiro atoms. The van der Waals surface area contributed by atoms with E-state index in [1.165, 1.54) is 6.07 Å². The van der Waals surface area contributed by atoms with E-state index in [1.807, 2.05) is 6.07 Å². The number of carboxylic acid groups (broad SMARTS) is 1. The Morgan fingerprint density at radius 1 is 1.43 bits per heavy atom. The van der Waals surface area contributed by atoms with E-state index in [2.05, 4.69) is 6.92 Å². The SMILES string of the molecule is CCCCc1cc(Cl)cc(C(=O)O)c1. The summed E-state index contributed by atoms with van der Waals surface area (Å²) >= 11 is 5.81. The molecule has 0 aliphatic heterocycles. The molecule has 2 nitrogen and oxygen atoms in total. The van der Waals surface area contributed by atoms with Gasteiger partial charge in [0.15, 0.2) is 0 Å². The van der Waals surface area contributed by atoms with Gasteiger partial charge in [0.1, 0.15) is 0 Å². The maximum Gasteiger partial charge on any atom is 0.335 e. The van der Waals surface area contributed by atoms with Crippen LogP contribution >= 0.6 is 11.6 Å². The summed E-state index contributed by atoms with van der Waals surface area (Å²) < 4.78 is 0. The summed E-state index contributed by atoms with van der Waals surface area (Å²) in [6.07, 6.45) is 3.03. The van der Waals surface area contributed by atoms with Crippen molar-refractivity contribution in [1.82, 2.24) is 0 Å². The Labute approximate surface area is 88.5 Å². The average molecular weight is 213 g/mol. The Morgan fingerprint density at radius 3 is 2.71 bits per heavy atom. The molecule has 1 aromatic carbocycles. The molecule has 0 aliphatic rings. The molecule has 0 saturated heterocycles. The second-order valence-electron chi connectivity index (χ2n) is 3.26. The van der Waals surface area contributed by atoms with Crippen molar-refractivity contribution < 1.29 is 9.90 Å². The molecule has 0 radical (unpaired) electrons. The maximum atomic E-state index is 10.7. The van der Waals surface area contributed by atoms with Crippen LogP contribution < -0.4 is 0 Å². The number of benzene rings is 1. The van der Waals surface area contributed by atoms with Crippen molar-refractivity contribution in [3.63, 3.8) is 0 Å². The summed E-state index contributed by atoms with van der Waals surface area (Å²) in [7, 11) is 0. The smallest absolute Gasteiger partial charge is 0.335 e. The molecule has 1 aromatic rings. The van der Waals surface area contributed by atoms with Crippen molar-refractivity contribution in [1.29, 1.82) is 0 Å². The molecular weight excluding hydrogens is 200 g/mol. The van der Waals surface area contributed by atoms with Crippen LogP contribution in [0.1, 0.15) is 35.7 Å².